The summed E-state index contributed by atoms with van der Waals surface area (Å²) in [6, 6.07) is 21.7. The van der Waals surface area contributed by atoms with E-state index in [1.54, 1.807) is 0 Å². The van der Waals surface area contributed by atoms with Crippen LogP contribution in [0.3, 0.4) is 0 Å². The molecule has 0 heterocycles. The molecule has 0 aliphatic rings. The van der Waals surface area contributed by atoms with Crippen LogP contribution in [-0.2, 0) is 4.43 Å². The van der Waals surface area contributed by atoms with Gasteiger partial charge in [0.2, 0.25) is 8.32 Å². The lowest BCUT2D eigenvalue weighted by Gasteiger charge is -2.27. The highest BCUT2D eigenvalue weighted by molar-refractivity contribution is 6.94. The minimum atomic E-state index is -1.88. The molecule has 0 aliphatic carbocycles. The predicted molar refractivity (Wildman–Crippen MR) is 125 cm³/mol. The zero-order chi connectivity index (χ0) is 19.9. The smallest absolute Gasteiger partial charge is 0.218 e. The lowest BCUT2D eigenvalue weighted by atomic mass is 10.0. The molecule has 0 bridgehead atoms. The van der Waals surface area contributed by atoms with Crippen molar-refractivity contribution in [3.8, 4) is 0 Å². The van der Waals surface area contributed by atoms with Gasteiger partial charge in [0, 0.05) is 0 Å². The standard InChI is InChI=1S/C24H36OSi2/c1-7-21(2)18-22(20-26(3,4)23-14-10-8-11-15-23)19-25-27(5,6)24-16-12-9-13-17-24/h8-17,20-21H,7,18-19H2,1-6H3/b22-20+. The maximum Gasteiger partial charge on any atom is 0.218 e. The van der Waals surface area contributed by atoms with E-state index >= 15 is 0 Å². The van der Waals surface area contributed by atoms with Gasteiger partial charge in [0.25, 0.3) is 0 Å². The number of hydrogen-bond donors (Lipinski definition) is 0. The van der Waals surface area contributed by atoms with Crippen LogP contribution in [0.25, 0.3) is 0 Å². The SMILES string of the molecule is CCC(C)C/C(=C\[Si](C)(C)c1ccccc1)CO[Si](C)(C)c1ccccc1. The molecule has 2 aromatic rings. The van der Waals surface area contributed by atoms with E-state index < -0.39 is 16.4 Å². The lowest BCUT2D eigenvalue weighted by molar-refractivity contribution is 0.339. The Bertz CT molecular complexity index is 721. The third-order valence-electron chi connectivity index (χ3n) is 5.48. The average molecular weight is 397 g/mol. The Morgan fingerprint density at radius 2 is 1.41 bits per heavy atom. The van der Waals surface area contributed by atoms with Gasteiger partial charge in [-0.25, -0.2) is 0 Å². The summed E-state index contributed by atoms with van der Waals surface area (Å²) in [5.41, 5.74) is 4.07. The predicted octanol–water partition coefficient (Wildman–Crippen LogP) is 5.63. The van der Waals surface area contributed by atoms with E-state index in [4.69, 9.17) is 4.43 Å². The maximum absolute atomic E-state index is 6.60. The second kappa shape index (κ2) is 9.67. The van der Waals surface area contributed by atoms with Crippen molar-refractivity contribution in [3.05, 3.63) is 71.9 Å². The summed E-state index contributed by atoms with van der Waals surface area (Å²) in [5, 5.41) is 2.86. The van der Waals surface area contributed by atoms with Gasteiger partial charge >= 0.3 is 0 Å². The fraction of sp³-hybridized carbons (Fsp3) is 0.417. The monoisotopic (exact) mass is 396 g/mol. The topological polar surface area (TPSA) is 9.23 Å². The molecule has 0 N–H and O–H groups in total. The molecule has 0 fully saturated rings. The summed E-state index contributed by atoms with van der Waals surface area (Å²) in [5.74, 6) is 0.696. The molecule has 2 rings (SSSR count). The third kappa shape index (κ3) is 6.60. The quantitative estimate of drug-likeness (QED) is 0.499. The minimum absolute atomic E-state index is 0.696. The van der Waals surface area contributed by atoms with E-state index in [2.05, 4.69) is 106 Å². The molecule has 3 heteroatoms. The van der Waals surface area contributed by atoms with Gasteiger partial charge in [0.15, 0.2) is 0 Å². The van der Waals surface area contributed by atoms with E-state index in [9.17, 15) is 0 Å². The molecular formula is C24H36OSi2. The Morgan fingerprint density at radius 3 is 1.93 bits per heavy atom. The molecule has 0 spiro atoms. The fourth-order valence-electron chi connectivity index (χ4n) is 3.41. The van der Waals surface area contributed by atoms with Gasteiger partial charge in [0.05, 0.1) is 6.61 Å². The second-order valence-electron chi connectivity index (χ2n) is 8.77. The molecule has 0 radical (unpaired) electrons. The number of rotatable bonds is 9. The van der Waals surface area contributed by atoms with Gasteiger partial charge in [-0.3, -0.25) is 0 Å². The van der Waals surface area contributed by atoms with Crippen molar-refractivity contribution >= 4 is 26.8 Å². The fourth-order valence-corrected chi connectivity index (χ4v) is 7.56. The first-order valence-electron chi connectivity index (χ1n) is 10.2. The first-order chi connectivity index (χ1) is 12.7. The highest BCUT2D eigenvalue weighted by atomic mass is 28.4. The molecule has 0 saturated carbocycles. The molecule has 0 amide bonds. The van der Waals surface area contributed by atoms with Crippen LogP contribution in [0.15, 0.2) is 71.9 Å². The Kier molecular flexibility index (Phi) is 7.83. The van der Waals surface area contributed by atoms with Gasteiger partial charge in [-0.1, -0.05) is 110 Å². The van der Waals surface area contributed by atoms with Crippen LogP contribution in [0.1, 0.15) is 26.7 Å². The molecule has 1 unspecified atom stereocenters. The minimum Gasteiger partial charge on any atom is -0.409 e. The molecule has 146 valence electrons. The molecule has 1 atom stereocenters. The maximum atomic E-state index is 6.60. The zero-order valence-corrected chi connectivity index (χ0v) is 20.0. The van der Waals surface area contributed by atoms with E-state index in [0.717, 1.165) is 13.0 Å². The average Bonchev–Trinajstić information content (AvgIpc) is 2.67. The molecule has 0 aliphatic heterocycles. The van der Waals surface area contributed by atoms with Crippen molar-refractivity contribution in [1.82, 2.24) is 0 Å². The summed E-state index contributed by atoms with van der Waals surface area (Å²) >= 11 is 0. The first kappa shape index (κ1) is 21.9. The van der Waals surface area contributed by atoms with Crippen molar-refractivity contribution in [3.63, 3.8) is 0 Å². The Morgan fingerprint density at radius 1 is 0.889 bits per heavy atom. The summed E-state index contributed by atoms with van der Waals surface area (Å²) in [6.07, 6.45) is 2.35. The molecule has 0 saturated heterocycles. The highest BCUT2D eigenvalue weighted by Gasteiger charge is 2.27. The molecule has 0 aromatic heterocycles. The largest absolute Gasteiger partial charge is 0.409 e. The van der Waals surface area contributed by atoms with Crippen LogP contribution in [-0.4, -0.2) is 23.0 Å². The summed E-state index contributed by atoms with van der Waals surface area (Å²) in [7, 11) is -3.51. The Hall–Kier alpha value is -1.43. The van der Waals surface area contributed by atoms with Gasteiger partial charge in [-0.15, -0.1) is 0 Å². The summed E-state index contributed by atoms with van der Waals surface area (Å²) in [6.45, 7) is 14.9. The Balaban J connectivity index is 2.21. The lowest BCUT2D eigenvalue weighted by Crippen LogP contribution is -2.45. The van der Waals surface area contributed by atoms with Crippen LogP contribution in [0.5, 0.6) is 0 Å². The van der Waals surface area contributed by atoms with E-state index in [1.807, 2.05) is 0 Å². The van der Waals surface area contributed by atoms with Crippen molar-refractivity contribution in [2.75, 3.05) is 6.61 Å². The van der Waals surface area contributed by atoms with Crippen molar-refractivity contribution in [2.24, 2.45) is 5.92 Å². The third-order valence-corrected chi connectivity index (χ3v) is 11.0. The molecular weight excluding hydrogens is 360 g/mol. The normalized spacial score (nSPS) is 14.2. The van der Waals surface area contributed by atoms with E-state index in [0.29, 0.717) is 5.92 Å². The highest BCUT2D eigenvalue weighted by Crippen LogP contribution is 2.20. The van der Waals surface area contributed by atoms with Crippen LogP contribution in [0.2, 0.25) is 26.2 Å². The van der Waals surface area contributed by atoms with Crippen LogP contribution >= 0.6 is 0 Å². The van der Waals surface area contributed by atoms with Crippen LogP contribution in [0, 0.1) is 5.92 Å². The summed E-state index contributed by atoms with van der Waals surface area (Å²) in [4.78, 5) is 0. The number of benzene rings is 2. The Labute approximate surface area is 168 Å². The first-order valence-corrected chi connectivity index (χ1v) is 16.2. The summed E-state index contributed by atoms with van der Waals surface area (Å²) < 4.78 is 6.60. The molecule has 27 heavy (non-hydrogen) atoms. The molecule has 1 nitrogen and oxygen atoms in total. The zero-order valence-electron chi connectivity index (χ0n) is 18.0. The van der Waals surface area contributed by atoms with Gasteiger partial charge in [0.1, 0.15) is 8.07 Å². The van der Waals surface area contributed by atoms with Gasteiger partial charge in [-0.05, 0) is 30.6 Å². The van der Waals surface area contributed by atoms with Crippen molar-refractivity contribution in [1.29, 1.82) is 0 Å². The van der Waals surface area contributed by atoms with E-state index in [-0.39, 0.29) is 0 Å². The van der Waals surface area contributed by atoms with Crippen LogP contribution < -0.4 is 10.4 Å². The molecule has 2 aromatic carbocycles. The van der Waals surface area contributed by atoms with Gasteiger partial charge < -0.3 is 4.43 Å². The van der Waals surface area contributed by atoms with Crippen LogP contribution in [0.4, 0.5) is 0 Å². The van der Waals surface area contributed by atoms with Gasteiger partial charge in [-0.2, -0.15) is 0 Å². The van der Waals surface area contributed by atoms with E-state index in [1.165, 1.54) is 22.4 Å². The van der Waals surface area contributed by atoms with Crippen molar-refractivity contribution in [2.45, 2.75) is 52.9 Å². The van der Waals surface area contributed by atoms with Crippen molar-refractivity contribution < 1.29 is 4.43 Å². The second-order valence-corrected chi connectivity index (χ2v) is 17.0. The number of hydrogen-bond acceptors (Lipinski definition) is 1.